The molecule has 0 saturated carbocycles. The van der Waals surface area contributed by atoms with Gasteiger partial charge >= 0.3 is 12.1 Å². The molecule has 1 aromatic heterocycles. The van der Waals surface area contributed by atoms with E-state index >= 15 is 0 Å². The van der Waals surface area contributed by atoms with E-state index in [4.69, 9.17) is 9.84 Å². The summed E-state index contributed by atoms with van der Waals surface area (Å²) in [6.45, 7) is 0.616. The molecular formula is C8H9N3O4. The van der Waals surface area contributed by atoms with Crippen LogP contribution in [0.25, 0.3) is 0 Å². The summed E-state index contributed by atoms with van der Waals surface area (Å²) in [4.78, 5) is 21.5. The Morgan fingerprint density at radius 1 is 1.80 bits per heavy atom. The highest BCUT2D eigenvalue weighted by molar-refractivity contribution is 5.85. The number of carboxylic acid groups (broad SMARTS) is 1. The van der Waals surface area contributed by atoms with Crippen LogP contribution in [0.5, 0.6) is 0 Å². The van der Waals surface area contributed by atoms with E-state index in [1.54, 1.807) is 0 Å². The minimum atomic E-state index is -1.05. The highest BCUT2D eigenvalue weighted by Gasteiger charge is 2.24. The van der Waals surface area contributed by atoms with Gasteiger partial charge in [-0.2, -0.15) is 5.10 Å². The molecule has 0 radical (unpaired) electrons. The summed E-state index contributed by atoms with van der Waals surface area (Å²) in [6.07, 6.45) is 0.549. The van der Waals surface area contributed by atoms with Crippen LogP contribution in [-0.2, 0) is 11.3 Å². The van der Waals surface area contributed by atoms with Crippen LogP contribution < -0.4 is 5.32 Å². The van der Waals surface area contributed by atoms with Crippen LogP contribution in [0.1, 0.15) is 10.5 Å². The molecule has 2 rings (SSSR count). The average Bonchev–Trinajstić information content (AvgIpc) is 2.75. The number of ether oxygens (including phenoxy) is 1. The third kappa shape index (κ3) is 1.90. The largest absolute Gasteiger partial charge is 0.477 e. The van der Waals surface area contributed by atoms with Gasteiger partial charge in [0, 0.05) is 6.20 Å². The van der Waals surface area contributed by atoms with Gasteiger partial charge in [0.1, 0.15) is 11.8 Å². The number of aromatic nitrogens is 2. The molecule has 1 aliphatic rings. The number of hydrogen-bond acceptors (Lipinski definition) is 4. The Labute approximate surface area is 84.6 Å². The highest BCUT2D eigenvalue weighted by Crippen LogP contribution is 2.06. The van der Waals surface area contributed by atoms with Gasteiger partial charge in [0.2, 0.25) is 0 Å². The normalized spacial score (nSPS) is 19.7. The van der Waals surface area contributed by atoms with Gasteiger partial charge in [-0.15, -0.1) is 0 Å². The van der Waals surface area contributed by atoms with Gasteiger partial charge in [-0.1, -0.05) is 0 Å². The number of nitrogens with zero attached hydrogens (tertiary/aromatic N) is 2. The maximum absolute atomic E-state index is 10.7. The predicted octanol–water partition coefficient (Wildman–Crippen LogP) is -0.310. The lowest BCUT2D eigenvalue weighted by Crippen LogP contribution is -2.23. The monoisotopic (exact) mass is 211 g/mol. The number of alkyl carbamates (subject to hydrolysis) is 1. The van der Waals surface area contributed by atoms with Crippen LogP contribution in [0.3, 0.4) is 0 Å². The number of carbonyl (C=O) groups is 2. The Morgan fingerprint density at radius 3 is 3.20 bits per heavy atom. The zero-order chi connectivity index (χ0) is 10.8. The highest BCUT2D eigenvalue weighted by atomic mass is 16.6. The molecule has 1 aromatic rings. The number of cyclic esters (lactones) is 1. The summed E-state index contributed by atoms with van der Waals surface area (Å²) in [5.74, 6) is -1.05. The predicted molar refractivity (Wildman–Crippen MR) is 47.5 cm³/mol. The average molecular weight is 211 g/mol. The smallest absolute Gasteiger partial charge is 0.407 e. The van der Waals surface area contributed by atoms with E-state index in [9.17, 15) is 9.59 Å². The molecule has 1 unspecified atom stereocenters. The Hall–Kier alpha value is -2.05. The molecule has 1 aliphatic heterocycles. The molecule has 0 bridgehead atoms. The summed E-state index contributed by atoms with van der Waals surface area (Å²) in [7, 11) is 0. The molecule has 1 fully saturated rings. The van der Waals surface area contributed by atoms with Crippen LogP contribution in [-0.4, -0.2) is 39.6 Å². The maximum Gasteiger partial charge on any atom is 0.407 e. The van der Waals surface area contributed by atoms with Gasteiger partial charge in [-0.3, -0.25) is 4.68 Å². The number of aromatic carboxylic acids is 1. The van der Waals surface area contributed by atoms with Crippen LogP contribution in [0.2, 0.25) is 0 Å². The van der Waals surface area contributed by atoms with Gasteiger partial charge < -0.3 is 15.2 Å². The van der Waals surface area contributed by atoms with E-state index in [2.05, 4.69) is 10.4 Å². The maximum atomic E-state index is 10.7. The first-order valence-electron chi connectivity index (χ1n) is 4.36. The van der Waals surface area contributed by atoms with Gasteiger partial charge in [-0.05, 0) is 6.07 Å². The van der Waals surface area contributed by atoms with Crippen LogP contribution in [0, 0.1) is 0 Å². The minimum absolute atomic E-state index is 0.0814. The van der Waals surface area contributed by atoms with E-state index < -0.39 is 12.1 Å². The number of hydrogen-bond donors (Lipinski definition) is 2. The molecule has 1 saturated heterocycles. The van der Waals surface area contributed by atoms with Crippen molar-refractivity contribution in [2.24, 2.45) is 0 Å². The summed E-state index contributed by atoms with van der Waals surface area (Å²) < 4.78 is 6.16. The van der Waals surface area contributed by atoms with Crippen LogP contribution >= 0.6 is 0 Å². The molecule has 2 heterocycles. The first-order chi connectivity index (χ1) is 7.16. The quantitative estimate of drug-likeness (QED) is 0.715. The van der Waals surface area contributed by atoms with Crippen LogP contribution in [0.15, 0.2) is 12.3 Å². The molecule has 15 heavy (non-hydrogen) atoms. The summed E-state index contributed by atoms with van der Waals surface area (Å²) in [5.41, 5.74) is 0.0814. The summed E-state index contributed by atoms with van der Waals surface area (Å²) >= 11 is 0. The van der Waals surface area contributed by atoms with Gasteiger partial charge in [-0.25, -0.2) is 9.59 Å². The van der Waals surface area contributed by atoms with E-state index in [1.807, 2.05) is 0 Å². The van der Waals surface area contributed by atoms with Crippen molar-refractivity contribution >= 4 is 12.1 Å². The SMILES string of the molecule is O=C1NCC(Cn2nccc2C(=O)O)O1. The Kier molecular flexibility index (Phi) is 2.28. The number of rotatable bonds is 3. The lowest BCUT2D eigenvalue weighted by Gasteiger charge is -2.08. The molecule has 1 atom stereocenters. The van der Waals surface area contributed by atoms with E-state index in [0.29, 0.717) is 6.54 Å². The van der Waals surface area contributed by atoms with E-state index in [-0.39, 0.29) is 18.3 Å². The molecule has 80 valence electrons. The molecular weight excluding hydrogens is 202 g/mol. The van der Waals surface area contributed by atoms with E-state index in [1.165, 1.54) is 16.9 Å². The molecule has 0 spiro atoms. The number of amides is 1. The molecule has 0 aromatic carbocycles. The lowest BCUT2D eigenvalue weighted by molar-refractivity contribution is 0.0678. The molecule has 2 N–H and O–H groups in total. The van der Waals surface area contributed by atoms with Crippen molar-refractivity contribution in [1.82, 2.24) is 15.1 Å². The van der Waals surface area contributed by atoms with Crippen molar-refractivity contribution in [2.45, 2.75) is 12.6 Å². The fraction of sp³-hybridized carbons (Fsp3) is 0.375. The molecule has 1 amide bonds. The van der Waals surface area contributed by atoms with E-state index in [0.717, 1.165) is 0 Å². The topological polar surface area (TPSA) is 93.5 Å². The van der Waals surface area contributed by atoms with Crippen molar-refractivity contribution in [1.29, 1.82) is 0 Å². The fourth-order valence-corrected chi connectivity index (χ4v) is 1.39. The molecule has 7 nitrogen and oxygen atoms in total. The zero-order valence-electron chi connectivity index (χ0n) is 7.71. The van der Waals surface area contributed by atoms with Crippen molar-refractivity contribution in [3.05, 3.63) is 18.0 Å². The fourth-order valence-electron chi connectivity index (χ4n) is 1.39. The first-order valence-corrected chi connectivity index (χ1v) is 4.36. The first kappa shape index (κ1) is 9.50. The second-order valence-electron chi connectivity index (χ2n) is 3.11. The second-order valence-corrected chi connectivity index (χ2v) is 3.11. The molecule has 0 aliphatic carbocycles. The third-order valence-corrected chi connectivity index (χ3v) is 2.06. The number of nitrogens with one attached hydrogen (secondary N) is 1. The molecule has 7 heteroatoms. The number of carbonyl (C=O) groups excluding carboxylic acids is 1. The minimum Gasteiger partial charge on any atom is -0.477 e. The lowest BCUT2D eigenvalue weighted by atomic mass is 10.3. The standard InChI is InChI=1S/C8H9N3O4/c12-7(13)6-1-2-10-11(6)4-5-3-9-8(14)15-5/h1-2,5H,3-4H2,(H,9,14)(H,12,13). The van der Waals surface area contributed by atoms with Crippen molar-refractivity contribution in [3.8, 4) is 0 Å². The summed E-state index contributed by atoms with van der Waals surface area (Å²) in [6, 6.07) is 1.40. The van der Waals surface area contributed by atoms with Crippen molar-refractivity contribution < 1.29 is 19.4 Å². The van der Waals surface area contributed by atoms with Gasteiger partial charge in [0.05, 0.1) is 13.1 Å². The Balaban J connectivity index is 2.07. The van der Waals surface area contributed by atoms with Gasteiger partial charge in [0.25, 0.3) is 0 Å². The summed E-state index contributed by atoms with van der Waals surface area (Å²) in [5, 5.41) is 15.1. The zero-order valence-corrected chi connectivity index (χ0v) is 7.71. The van der Waals surface area contributed by atoms with Gasteiger partial charge in [0.15, 0.2) is 0 Å². The van der Waals surface area contributed by atoms with Crippen molar-refractivity contribution in [3.63, 3.8) is 0 Å². The van der Waals surface area contributed by atoms with Crippen LogP contribution in [0.4, 0.5) is 4.79 Å². The Bertz CT molecular complexity index is 400. The van der Waals surface area contributed by atoms with Crippen molar-refractivity contribution in [2.75, 3.05) is 6.54 Å². The number of carboxylic acids is 1. The Morgan fingerprint density at radius 2 is 2.60 bits per heavy atom. The second kappa shape index (κ2) is 3.60. The third-order valence-electron chi connectivity index (χ3n) is 2.06.